The molecule has 0 spiro atoms. The standard InChI is InChI=1S/C15H38O5Si4/c1-11-16-14-12-13-15-17-24(10,19-22(5,6)7)20-23(8,9)18-21(2,3)4/h11H,1,12-15H2,2-10H3. The molecule has 5 nitrogen and oxygen atoms in total. The predicted octanol–water partition coefficient (Wildman–Crippen LogP) is 4.93. The summed E-state index contributed by atoms with van der Waals surface area (Å²) in [5.41, 5.74) is 0. The minimum absolute atomic E-state index is 0.616. The molecule has 0 radical (unpaired) electrons. The van der Waals surface area contributed by atoms with Crippen LogP contribution < -0.4 is 0 Å². The molecule has 0 amide bonds. The SMILES string of the molecule is C=COCCCCO[Si](C)(O[Si](C)(C)C)O[Si](C)(C)O[Si](C)(C)C. The van der Waals surface area contributed by atoms with Crippen LogP contribution in [0.15, 0.2) is 12.8 Å². The molecule has 9 heteroatoms. The lowest BCUT2D eigenvalue weighted by atomic mass is 10.3. The molecule has 1 atom stereocenters. The van der Waals surface area contributed by atoms with E-state index in [0.717, 1.165) is 12.8 Å². The monoisotopic (exact) mass is 410 g/mol. The van der Waals surface area contributed by atoms with Crippen LogP contribution in [0.2, 0.25) is 58.9 Å². The van der Waals surface area contributed by atoms with Crippen LogP contribution in [0.5, 0.6) is 0 Å². The van der Waals surface area contributed by atoms with Crippen LogP contribution in [0.3, 0.4) is 0 Å². The highest BCUT2D eigenvalue weighted by Gasteiger charge is 2.46. The first kappa shape index (κ1) is 24.2. The molecule has 0 aliphatic rings. The van der Waals surface area contributed by atoms with Crippen molar-refractivity contribution in [2.75, 3.05) is 13.2 Å². The fourth-order valence-corrected chi connectivity index (χ4v) is 18.5. The van der Waals surface area contributed by atoms with Crippen LogP contribution in [-0.2, 0) is 21.5 Å². The second-order valence-corrected chi connectivity index (χ2v) is 24.1. The van der Waals surface area contributed by atoms with E-state index in [4.69, 9.17) is 21.5 Å². The molecule has 0 aromatic heterocycles. The van der Waals surface area contributed by atoms with E-state index >= 15 is 0 Å². The van der Waals surface area contributed by atoms with Crippen molar-refractivity contribution in [1.29, 1.82) is 0 Å². The van der Waals surface area contributed by atoms with Crippen molar-refractivity contribution in [3.05, 3.63) is 12.8 Å². The third kappa shape index (κ3) is 13.5. The number of ether oxygens (including phenoxy) is 1. The fourth-order valence-electron chi connectivity index (χ4n) is 2.47. The molecule has 0 fully saturated rings. The van der Waals surface area contributed by atoms with Gasteiger partial charge in [0, 0.05) is 13.2 Å². The number of rotatable bonds is 13. The van der Waals surface area contributed by atoms with Crippen molar-refractivity contribution in [2.45, 2.75) is 71.8 Å². The van der Waals surface area contributed by atoms with Gasteiger partial charge in [-0.05, 0) is 65.2 Å². The number of hydrogen-bond donors (Lipinski definition) is 0. The Morgan fingerprint density at radius 2 is 1.21 bits per heavy atom. The Bertz CT molecular complexity index is 379. The summed E-state index contributed by atoms with van der Waals surface area (Å²) in [4.78, 5) is 0. The van der Waals surface area contributed by atoms with Crippen molar-refractivity contribution in [2.24, 2.45) is 0 Å². The molecule has 0 N–H and O–H groups in total. The molecule has 0 aromatic carbocycles. The maximum atomic E-state index is 6.44. The summed E-state index contributed by atoms with van der Waals surface area (Å²) in [5.74, 6) is 0. The highest BCUT2D eigenvalue weighted by Crippen LogP contribution is 2.25. The lowest BCUT2D eigenvalue weighted by molar-refractivity contribution is 0.146. The van der Waals surface area contributed by atoms with Gasteiger partial charge in [-0.2, -0.15) is 0 Å². The Hall–Kier alpha value is 0.248. The van der Waals surface area contributed by atoms with Gasteiger partial charge in [0.25, 0.3) is 0 Å². The first-order chi connectivity index (χ1) is 10.7. The van der Waals surface area contributed by atoms with Crippen LogP contribution in [0.4, 0.5) is 0 Å². The maximum absolute atomic E-state index is 6.44. The van der Waals surface area contributed by atoms with E-state index in [9.17, 15) is 0 Å². The average molecular weight is 411 g/mol. The van der Waals surface area contributed by atoms with Crippen molar-refractivity contribution in [1.82, 2.24) is 0 Å². The first-order valence-corrected chi connectivity index (χ1v) is 20.5. The van der Waals surface area contributed by atoms with Gasteiger partial charge in [0.2, 0.25) is 0 Å². The van der Waals surface area contributed by atoms with Gasteiger partial charge in [0.05, 0.1) is 12.9 Å². The summed E-state index contributed by atoms with van der Waals surface area (Å²) < 4.78 is 30.4. The smallest absolute Gasteiger partial charge is 0.478 e. The lowest BCUT2D eigenvalue weighted by Gasteiger charge is -2.40. The minimum Gasteiger partial charge on any atom is -0.502 e. The Morgan fingerprint density at radius 3 is 1.67 bits per heavy atom. The molecule has 0 saturated heterocycles. The Balaban J connectivity index is 4.79. The molecular weight excluding hydrogens is 373 g/mol. The topological polar surface area (TPSA) is 46.2 Å². The van der Waals surface area contributed by atoms with E-state index < -0.39 is 34.0 Å². The van der Waals surface area contributed by atoms with Gasteiger partial charge < -0.3 is 21.5 Å². The van der Waals surface area contributed by atoms with Crippen molar-refractivity contribution < 1.29 is 21.5 Å². The molecule has 0 saturated carbocycles. The lowest BCUT2D eigenvalue weighted by Crippen LogP contribution is -2.58. The van der Waals surface area contributed by atoms with Crippen LogP contribution in [0.25, 0.3) is 0 Å². The van der Waals surface area contributed by atoms with E-state index in [1.165, 1.54) is 6.26 Å². The first-order valence-electron chi connectivity index (χ1n) is 8.65. The van der Waals surface area contributed by atoms with Crippen molar-refractivity contribution >= 4 is 34.0 Å². The van der Waals surface area contributed by atoms with E-state index in [0.29, 0.717) is 13.2 Å². The molecule has 0 bridgehead atoms. The molecular formula is C15H38O5Si4. The van der Waals surface area contributed by atoms with Crippen LogP contribution in [0, 0.1) is 0 Å². The highest BCUT2D eigenvalue weighted by atomic mass is 28.5. The average Bonchev–Trinajstić information content (AvgIpc) is 2.26. The van der Waals surface area contributed by atoms with Crippen LogP contribution in [-0.4, -0.2) is 47.2 Å². The molecule has 1 unspecified atom stereocenters. The predicted molar refractivity (Wildman–Crippen MR) is 110 cm³/mol. The second-order valence-electron chi connectivity index (χ2n) is 8.39. The van der Waals surface area contributed by atoms with E-state index in [2.05, 4.69) is 59.0 Å². The van der Waals surface area contributed by atoms with Gasteiger partial charge >= 0.3 is 17.4 Å². The zero-order valence-corrected chi connectivity index (χ0v) is 21.2. The van der Waals surface area contributed by atoms with Crippen LogP contribution in [0.1, 0.15) is 12.8 Å². The summed E-state index contributed by atoms with van der Waals surface area (Å²) in [6.07, 6.45) is 3.31. The summed E-state index contributed by atoms with van der Waals surface area (Å²) >= 11 is 0. The molecule has 144 valence electrons. The summed E-state index contributed by atoms with van der Waals surface area (Å²) in [6, 6.07) is 0. The van der Waals surface area contributed by atoms with Gasteiger partial charge in [0.1, 0.15) is 0 Å². The normalized spacial score (nSPS) is 15.9. The summed E-state index contributed by atoms with van der Waals surface area (Å²) in [7, 11) is -8.48. The molecule has 0 aromatic rings. The molecule has 0 aliphatic carbocycles. The maximum Gasteiger partial charge on any atom is 0.478 e. The van der Waals surface area contributed by atoms with E-state index in [1.807, 2.05) is 6.55 Å². The van der Waals surface area contributed by atoms with Gasteiger partial charge in [-0.3, -0.25) is 0 Å². The quantitative estimate of drug-likeness (QED) is 0.245. The fraction of sp³-hybridized carbons (Fsp3) is 0.867. The zero-order valence-electron chi connectivity index (χ0n) is 17.2. The third-order valence-electron chi connectivity index (χ3n) is 2.61. The highest BCUT2D eigenvalue weighted by molar-refractivity contribution is 6.87. The van der Waals surface area contributed by atoms with Gasteiger partial charge in [-0.15, -0.1) is 0 Å². The summed E-state index contributed by atoms with van der Waals surface area (Å²) in [6.45, 7) is 24.1. The number of unbranched alkanes of at least 4 members (excludes halogenated alkanes) is 1. The molecule has 0 aliphatic heterocycles. The zero-order chi connectivity index (χ0) is 19.1. The minimum atomic E-state index is -2.73. The van der Waals surface area contributed by atoms with E-state index in [1.54, 1.807) is 0 Å². The Labute approximate surface area is 153 Å². The largest absolute Gasteiger partial charge is 0.502 e. The molecule has 0 rings (SSSR count). The second kappa shape index (κ2) is 9.81. The van der Waals surface area contributed by atoms with Gasteiger partial charge in [-0.1, -0.05) is 6.58 Å². The van der Waals surface area contributed by atoms with Crippen molar-refractivity contribution in [3.8, 4) is 0 Å². The van der Waals surface area contributed by atoms with Gasteiger partial charge in [0.15, 0.2) is 16.6 Å². The van der Waals surface area contributed by atoms with Crippen molar-refractivity contribution in [3.63, 3.8) is 0 Å². The van der Waals surface area contributed by atoms with Gasteiger partial charge in [-0.25, -0.2) is 0 Å². The summed E-state index contributed by atoms with van der Waals surface area (Å²) in [5, 5.41) is 0. The van der Waals surface area contributed by atoms with E-state index in [-0.39, 0.29) is 0 Å². The molecule has 24 heavy (non-hydrogen) atoms. The molecule has 0 heterocycles. The Kier molecular flexibility index (Phi) is 9.91. The third-order valence-corrected chi connectivity index (χ3v) is 15.1. The Morgan fingerprint density at radius 1 is 0.708 bits per heavy atom. The number of hydrogen-bond acceptors (Lipinski definition) is 5. The van der Waals surface area contributed by atoms with Crippen LogP contribution >= 0.6 is 0 Å².